The summed E-state index contributed by atoms with van der Waals surface area (Å²) < 4.78 is 5.32. The Bertz CT molecular complexity index is 352. The van der Waals surface area contributed by atoms with Crippen molar-refractivity contribution in [3.63, 3.8) is 0 Å². The predicted molar refractivity (Wildman–Crippen MR) is 80.2 cm³/mol. The van der Waals surface area contributed by atoms with Crippen LogP contribution in [0, 0.1) is 5.92 Å². The van der Waals surface area contributed by atoms with E-state index in [0.29, 0.717) is 31.9 Å². The first-order valence-electron chi connectivity index (χ1n) is 7.84. The summed E-state index contributed by atoms with van der Waals surface area (Å²) in [6.07, 6.45) is 3.66. The summed E-state index contributed by atoms with van der Waals surface area (Å²) in [4.78, 5) is 23.5. The van der Waals surface area contributed by atoms with Gasteiger partial charge in [0.1, 0.15) is 5.54 Å². The van der Waals surface area contributed by atoms with Crippen molar-refractivity contribution in [2.24, 2.45) is 5.92 Å². The fraction of sp³-hybridized carbons (Fsp3) is 0.867. The first kappa shape index (κ1) is 17.8. The molecule has 0 radical (unpaired) electrons. The maximum atomic E-state index is 11.9. The topological polar surface area (TPSA) is 87.7 Å². The Kier molecular flexibility index (Phi) is 6.95. The van der Waals surface area contributed by atoms with E-state index in [1.54, 1.807) is 0 Å². The predicted octanol–water partition coefficient (Wildman–Crippen LogP) is 2.13. The lowest BCUT2D eigenvalue weighted by Gasteiger charge is -2.37. The number of rotatable bonds is 7. The number of carboxylic acids is 1. The normalized spacial score (nSPS) is 26.9. The molecule has 1 unspecified atom stereocenters. The molecule has 3 N–H and O–H groups in total. The lowest BCUT2D eigenvalue weighted by atomic mass is 9.75. The molecule has 1 rings (SSSR count). The van der Waals surface area contributed by atoms with E-state index >= 15 is 0 Å². The third-order valence-corrected chi connectivity index (χ3v) is 4.30. The number of hydrogen-bond donors (Lipinski definition) is 3. The number of urea groups is 1. The highest BCUT2D eigenvalue weighted by Gasteiger charge is 2.42. The third kappa shape index (κ3) is 5.19. The lowest BCUT2D eigenvalue weighted by molar-refractivity contribution is -0.146. The number of nitrogens with one attached hydrogen (secondary N) is 2. The summed E-state index contributed by atoms with van der Waals surface area (Å²) in [6.45, 7) is 6.83. The molecule has 6 heteroatoms. The molecule has 1 saturated carbocycles. The summed E-state index contributed by atoms with van der Waals surface area (Å²) in [5, 5.41) is 14.8. The molecule has 21 heavy (non-hydrogen) atoms. The fourth-order valence-electron chi connectivity index (χ4n) is 2.81. The van der Waals surface area contributed by atoms with Crippen LogP contribution in [-0.2, 0) is 9.53 Å². The molecule has 1 aliphatic carbocycles. The Hall–Kier alpha value is -1.30. The molecule has 122 valence electrons. The van der Waals surface area contributed by atoms with Gasteiger partial charge in [0.05, 0.1) is 6.10 Å². The maximum Gasteiger partial charge on any atom is 0.329 e. The van der Waals surface area contributed by atoms with Gasteiger partial charge in [-0.2, -0.15) is 0 Å². The largest absolute Gasteiger partial charge is 0.480 e. The molecule has 0 aliphatic heterocycles. The van der Waals surface area contributed by atoms with Crippen molar-refractivity contribution >= 4 is 12.0 Å². The minimum absolute atomic E-state index is 0.0858. The standard InChI is InChI=1S/C15H28N2O4/c1-4-12-6-8-15(9-7-12,13(18)19)17-14(20)16-10-11(3)21-5-2/h11-12H,4-10H2,1-3H3,(H,18,19)(H2,16,17,20). The Morgan fingerprint density at radius 1 is 1.33 bits per heavy atom. The quantitative estimate of drug-likeness (QED) is 0.672. The van der Waals surface area contributed by atoms with E-state index in [-0.39, 0.29) is 6.10 Å². The van der Waals surface area contributed by atoms with Crippen LogP contribution in [0.5, 0.6) is 0 Å². The molecule has 1 fully saturated rings. The van der Waals surface area contributed by atoms with Gasteiger partial charge in [0.25, 0.3) is 0 Å². The monoisotopic (exact) mass is 300 g/mol. The van der Waals surface area contributed by atoms with Crippen molar-refractivity contribution in [3.05, 3.63) is 0 Å². The molecule has 0 bridgehead atoms. The molecular weight excluding hydrogens is 272 g/mol. The van der Waals surface area contributed by atoms with Crippen LogP contribution in [0.4, 0.5) is 4.79 Å². The summed E-state index contributed by atoms with van der Waals surface area (Å²) >= 11 is 0. The first-order valence-corrected chi connectivity index (χ1v) is 7.84. The molecule has 1 atom stereocenters. The highest BCUT2D eigenvalue weighted by atomic mass is 16.5. The number of carbonyl (C=O) groups is 2. The molecule has 0 saturated heterocycles. The van der Waals surface area contributed by atoms with Gasteiger partial charge < -0.3 is 20.5 Å². The third-order valence-electron chi connectivity index (χ3n) is 4.30. The number of amides is 2. The summed E-state index contributed by atoms with van der Waals surface area (Å²) in [6, 6.07) is -0.432. The number of ether oxygens (including phenoxy) is 1. The molecule has 6 nitrogen and oxygen atoms in total. The van der Waals surface area contributed by atoms with Gasteiger partial charge >= 0.3 is 12.0 Å². The summed E-state index contributed by atoms with van der Waals surface area (Å²) in [5.74, 6) is -0.370. The second-order valence-corrected chi connectivity index (χ2v) is 5.84. The Morgan fingerprint density at radius 3 is 2.43 bits per heavy atom. The van der Waals surface area contributed by atoms with E-state index in [1.165, 1.54) is 0 Å². The average Bonchev–Trinajstić information content (AvgIpc) is 2.46. The zero-order chi connectivity index (χ0) is 15.9. The van der Waals surface area contributed by atoms with Crippen molar-refractivity contribution < 1.29 is 19.4 Å². The second-order valence-electron chi connectivity index (χ2n) is 5.84. The number of hydrogen-bond acceptors (Lipinski definition) is 3. The van der Waals surface area contributed by atoms with E-state index in [1.807, 2.05) is 13.8 Å². The molecule has 0 aromatic carbocycles. The van der Waals surface area contributed by atoms with Gasteiger partial charge in [-0.25, -0.2) is 9.59 Å². The van der Waals surface area contributed by atoms with Crippen LogP contribution < -0.4 is 10.6 Å². The zero-order valence-electron chi connectivity index (χ0n) is 13.3. The van der Waals surface area contributed by atoms with Crippen LogP contribution >= 0.6 is 0 Å². The smallest absolute Gasteiger partial charge is 0.329 e. The van der Waals surface area contributed by atoms with Crippen LogP contribution in [-0.4, -0.2) is 41.9 Å². The maximum absolute atomic E-state index is 11.9. The molecule has 2 amide bonds. The van der Waals surface area contributed by atoms with Crippen molar-refractivity contribution in [3.8, 4) is 0 Å². The Labute approximate surface area is 126 Å². The lowest BCUT2D eigenvalue weighted by Crippen LogP contribution is -2.59. The second kappa shape index (κ2) is 8.22. The van der Waals surface area contributed by atoms with E-state index in [2.05, 4.69) is 17.6 Å². The van der Waals surface area contributed by atoms with E-state index in [4.69, 9.17) is 4.74 Å². The van der Waals surface area contributed by atoms with Gasteiger partial charge in [0, 0.05) is 13.2 Å². The molecular formula is C15H28N2O4. The molecule has 0 heterocycles. The number of carbonyl (C=O) groups excluding carboxylic acids is 1. The van der Waals surface area contributed by atoms with Crippen LogP contribution in [0.1, 0.15) is 52.9 Å². The van der Waals surface area contributed by atoms with Crippen LogP contribution in [0.2, 0.25) is 0 Å². The van der Waals surface area contributed by atoms with Gasteiger partial charge in [0.15, 0.2) is 0 Å². The van der Waals surface area contributed by atoms with Crippen LogP contribution in [0.25, 0.3) is 0 Å². The molecule has 1 aliphatic rings. The van der Waals surface area contributed by atoms with E-state index in [0.717, 1.165) is 19.3 Å². The Morgan fingerprint density at radius 2 is 1.95 bits per heavy atom. The Balaban J connectivity index is 2.51. The van der Waals surface area contributed by atoms with Gasteiger partial charge in [-0.3, -0.25) is 0 Å². The SMILES string of the molecule is CCOC(C)CNC(=O)NC1(C(=O)O)CCC(CC)CC1. The minimum Gasteiger partial charge on any atom is -0.480 e. The van der Waals surface area contributed by atoms with Gasteiger partial charge in [0.2, 0.25) is 0 Å². The highest BCUT2D eigenvalue weighted by Crippen LogP contribution is 2.33. The van der Waals surface area contributed by atoms with Gasteiger partial charge in [-0.1, -0.05) is 13.3 Å². The van der Waals surface area contributed by atoms with Crippen molar-refractivity contribution in [2.45, 2.75) is 64.5 Å². The molecule has 0 aromatic rings. The first-order chi connectivity index (χ1) is 9.93. The highest BCUT2D eigenvalue weighted by molar-refractivity contribution is 5.86. The van der Waals surface area contributed by atoms with Crippen molar-refractivity contribution in [1.82, 2.24) is 10.6 Å². The number of aliphatic carboxylic acids is 1. The van der Waals surface area contributed by atoms with Crippen molar-refractivity contribution in [2.75, 3.05) is 13.2 Å². The molecule has 0 spiro atoms. The van der Waals surface area contributed by atoms with Gasteiger partial charge in [-0.15, -0.1) is 0 Å². The van der Waals surface area contributed by atoms with Gasteiger partial charge in [-0.05, 0) is 45.4 Å². The summed E-state index contributed by atoms with van der Waals surface area (Å²) in [7, 11) is 0. The zero-order valence-corrected chi connectivity index (χ0v) is 13.3. The van der Waals surface area contributed by atoms with Crippen molar-refractivity contribution in [1.29, 1.82) is 0 Å². The van der Waals surface area contributed by atoms with E-state index in [9.17, 15) is 14.7 Å². The van der Waals surface area contributed by atoms with Crippen LogP contribution in [0.3, 0.4) is 0 Å². The minimum atomic E-state index is -1.12. The number of carboxylic acid groups (broad SMARTS) is 1. The average molecular weight is 300 g/mol. The summed E-state index contributed by atoms with van der Waals surface area (Å²) in [5.41, 5.74) is -1.12. The molecule has 0 aromatic heterocycles. The van der Waals surface area contributed by atoms with E-state index < -0.39 is 17.5 Å². The fourth-order valence-corrected chi connectivity index (χ4v) is 2.81. The van der Waals surface area contributed by atoms with Crippen LogP contribution in [0.15, 0.2) is 0 Å².